The third-order valence-electron chi connectivity index (χ3n) is 3.74. The third-order valence-corrected chi connectivity index (χ3v) is 3.74. The van der Waals surface area contributed by atoms with Crippen molar-refractivity contribution in [2.45, 2.75) is 18.3 Å². The van der Waals surface area contributed by atoms with E-state index in [9.17, 15) is 5.11 Å². The van der Waals surface area contributed by atoms with Gasteiger partial charge in [-0.05, 0) is 29.5 Å². The topological polar surface area (TPSA) is 20.2 Å². The maximum Gasteiger partial charge on any atom is 0.0528 e. The Morgan fingerprint density at radius 2 is 1.53 bits per heavy atom. The molecule has 1 fully saturated rings. The smallest absolute Gasteiger partial charge is 0.0528 e. The average Bonchev–Trinajstić information content (AvgIpc) is 3.21. The molecular weight excluding hydrogens is 208 g/mol. The Labute approximate surface area is 102 Å². The van der Waals surface area contributed by atoms with E-state index in [1.54, 1.807) is 0 Å². The van der Waals surface area contributed by atoms with Crippen LogP contribution in [0.5, 0.6) is 0 Å². The molecule has 0 aliphatic heterocycles. The van der Waals surface area contributed by atoms with Crippen LogP contribution in [0.2, 0.25) is 0 Å². The zero-order chi connectivity index (χ0) is 11.7. The van der Waals surface area contributed by atoms with Crippen LogP contribution in [-0.2, 0) is 5.41 Å². The van der Waals surface area contributed by atoms with Gasteiger partial charge in [-0.15, -0.1) is 0 Å². The first-order chi connectivity index (χ1) is 8.36. The quantitative estimate of drug-likeness (QED) is 0.847. The lowest BCUT2D eigenvalue weighted by molar-refractivity contribution is 0.255. The molecule has 2 aromatic rings. The first kappa shape index (κ1) is 10.5. The van der Waals surface area contributed by atoms with Crippen LogP contribution in [0.25, 0.3) is 11.1 Å². The van der Waals surface area contributed by atoms with Gasteiger partial charge in [0.05, 0.1) is 6.61 Å². The molecule has 1 heteroatoms. The van der Waals surface area contributed by atoms with Gasteiger partial charge in [0.25, 0.3) is 0 Å². The summed E-state index contributed by atoms with van der Waals surface area (Å²) in [6.07, 6.45) is 2.21. The molecule has 1 aliphatic rings. The highest BCUT2D eigenvalue weighted by atomic mass is 16.3. The maximum absolute atomic E-state index is 9.58. The summed E-state index contributed by atoms with van der Waals surface area (Å²) < 4.78 is 0. The second-order valence-corrected chi connectivity index (χ2v) is 4.85. The van der Waals surface area contributed by atoms with E-state index < -0.39 is 0 Å². The molecule has 86 valence electrons. The largest absolute Gasteiger partial charge is 0.395 e. The Balaban J connectivity index is 2.12. The number of rotatable bonds is 3. The Hall–Kier alpha value is -1.60. The van der Waals surface area contributed by atoms with Gasteiger partial charge >= 0.3 is 0 Å². The number of benzene rings is 2. The number of hydrogen-bond donors (Lipinski definition) is 1. The summed E-state index contributed by atoms with van der Waals surface area (Å²) in [7, 11) is 0. The van der Waals surface area contributed by atoms with Crippen LogP contribution in [0, 0.1) is 0 Å². The molecule has 1 saturated carbocycles. The number of hydrogen-bond acceptors (Lipinski definition) is 1. The van der Waals surface area contributed by atoms with Crippen LogP contribution in [0.1, 0.15) is 18.4 Å². The molecule has 1 nitrogen and oxygen atoms in total. The third kappa shape index (κ3) is 1.77. The van der Waals surface area contributed by atoms with Crippen molar-refractivity contribution < 1.29 is 5.11 Å². The van der Waals surface area contributed by atoms with Crippen LogP contribution in [0.4, 0.5) is 0 Å². The summed E-state index contributed by atoms with van der Waals surface area (Å²) in [5, 5.41) is 9.58. The second kappa shape index (κ2) is 4.01. The van der Waals surface area contributed by atoms with Crippen LogP contribution >= 0.6 is 0 Å². The maximum atomic E-state index is 9.58. The monoisotopic (exact) mass is 224 g/mol. The number of aliphatic hydroxyl groups is 1. The van der Waals surface area contributed by atoms with Crippen molar-refractivity contribution in [3.63, 3.8) is 0 Å². The fourth-order valence-corrected chi connectivity index (χ4v) is 2.48. The van der Waals surface area contributed by atoms with E-state index in [0.29, 0.717) is 0 Å². The van der Waals surface area contributed by atoms with E-state index in [0.717, 1.165) is 12.8 Å². The molecule has 0 amide bonds. The van der Waals surface area contributed by atoms with Crippen LogP contribution in [0.15, 0.2) is 54.6 Å². The fraction of sp³-hybridized carbons (Fsp3) is 0.250. The average molecular weight is 224 g/mol. The summed E-state index contributed by atoms with van der Waals surface area (Å²) in [5.41, 5.74) is 3.84. The second-order valence-electron chi connectivity index (χ2n) is 4.85. The molecule has 0 atom stereocenters. The van der Waals surface area contributed by atoms with Crippen molar-refractivity contribution in [1.29, 1.82) is 0 Å². The minimum atomic E-state index is 0.0342. The zero-order valence-electron chi connectivity index (χ0n) is 9.76. The van der Waals surface area contributed by atoms with E-state index in [1.165, 1.54) is 16.7 Å². The Morgan fingerprint density at radius 3 is 2.18 bits per heavy atom. The molecule has 0 saturated heterocycles. The first-order valence-electron chi connectivity index (χ1n) is 6.11. The normalized spacial score (nSPS) is 16.8. The van der Waals surface area contributed by atoms with Gasteiger partial charge in [0.1, 0.15) is 0 Å². The summed E-state index contributed by atoms with van der Waals surface area (Å²) in [6, 6.07) is 18.9. The Bertz CT molecular complexity index is 512. The lowest BCUT2D eigenvalue weighted by atomic mass is 9.89. The molecule has 1 N–H and O–H groups in total. The van der Waals surface area contributed by atoms with Gasteiger partial charge in [0, 0.05) is 5.41 Å². The predicted octanol–water partition coefficient (Wildman–Crippen LogP) is 3.38. The first-order valence-corrected chi connectivity index (χ1v) is 6.11. The fourth-order valence-electron chi connectivity index (χ4n) is 2.48. The zero-order valence-corrected chi connectivity index (χ0v) is 9.76. The number of aliphatic hydroxyl groups excluding tert-OH is 1. The standard InChI is InChI=1S/C16H16O/c17-12-16(10-11-16)15-9-5-4-8-14(15)13-6-2-1-3-7-13/h1-9,17H,10-12H2. The van der Waals surface area contributed by atoms with Crippen LogP contribution < -0.4 is 0 Å². The van der Waals surface area contributed by atoms with E-state index in [2.05, 4.69) is 48.5 Å². The van der Waals surface area contributed by atoms with Gasteiger partial charge < -0.3 is 5.11 Å². The molecule has 0 bridgehead atoms. The summed E-state index contributed by atoms with van der Waals surface area (Å²) >= 11 is 0. The minimum absolute atomic E-state index is 0.0342. The highest BCUT2D eigenvalue weighted by Gasteiger charge is 2.44. The van der Waals surface area contributed by atoms with E-state index in [-0.39, 0.29) is 12.0 Å². The van der Waals surface area contributed by atoms with Gasteiger partial charge in [-0.2, -0.15) is 0 Å². The van der Waals surface area contributed by atoms with Gasteiger partial charge in [0.2, 0.25) is 0 Å². The van der Waals surface area contributed by atoms with E-state index in [1.807, 2.05) is 6.07 Å². The van der Waals surface area contributed by atoms with Crippen molar-refractivity contribution in [3.8, 4) is 11.1 Å². The molecule has 17 heavy (non-hydrogen) atoms. The summed E-state index contributed by atoms with van der Waals surface area (Å²) in [6.45, 7) is 0.261. The van der Waals surface area contributed by atoms with Crippen LogP contribution in [-0.4, -0.2) is 11.7 Å². The predicted molar refractivity (Wildman–Crippen MR) is 69.9 cm³/mol. The van der Waals surface area contributed by atoms with Crippen LogP contribution in [0.3, 0.4) is 0 Å². The minimum Gasteiger partial charge on any atom is -0.395 e. The summed E-state index contributed by atoms with van der Waals surface area (Å²) in [5.74, 6) is 0. The highest BCUT2D eigenvalue weighted by Crippen LogP contribution is 2.50. The molecule has 0 radical (unpaired) electrons. The lowest BCUT2D eigenvalue weighted by Crippen LogP contribution is -2.13. The molecule has 3 rings (SSSR count). The molecule has 2 aromatic carbocycles. The van der Waals surface area contributed by atoms with Crippen molar-refractivity contribution in [3.05, 3.63) is 60.2 Å². The van der Waals surface area contributed by atoms with Gasteiger partial charge in [-0.25, -0.2) is 0 Å². The van der Waals surface area contributed by atoms with E-state index in [4.69, 9.17) is 0 Å². The van der Waals surface area contributed by atoms with E-state index >= 15 is 0 Å². The Kier molecular flexibility index (Phi) is 2.49. The van der Waals surface area contributed by atoms with Crippen molar-refractivity contribution >= 4 is 0 Å². The van der Waals surface area contributed by atoms with Gasteiger partial charge in [-0.1, -0.05) is 54.6 Å². The van der Waals surface area contributed by atoms with Crippen molar-refractivity contribution in [2.24, 2.45) is 0 Å². The van der Waals surface area contributed by atoms with Crippen molar-refractivity contribution in [2.75, 3.05) is 6.61 Å². The molecule has 0 unspecified atom stereocenters. The summed E-state index contributed by atoms with van der Waals surface area (Å²) in [4.78, 5) is 0. The molecule has 1 aliphatic carbocycles. The molecular formula is C16H16O. The molecule has 0 heterocycles. The van der Waals surface area contributed by atoms with Gasteiger partial charge in [0.15, 0.2) is 0 Å². The lowest BCUT2D eigenvalue weighted by Gasteiger charge is -2.17. The molecule has 0 spiro atoms. The SMILES string of the molecule is OCC1(c2ccccc2-c2ccccc2)CC1. The van der Waals surface area contributed by atoms with Crippen molar-refractivity contribution in [1.82, 2.24) is 0 Å². The highest BCUT2D eigenvalue weighted by molar-refractivity contribution is 5.69. The Morgan fingerprint density at radius 1 is 0.882 bits per heavy atom. The molecule has 0 aromatic heterocycles. The van der Waals surface area contributed by atoms with Gasteiger partial charge in [-0.3, -0.25) is 0 Å².